The molecule has 1 aromatic carbocycles. The van der Waals surface area contributed by atoms with Crippen LogP contribution in [-0.2, 0) is 14.8 Å². The van der Waals surface area contributed by atoms with Crippen LogP contribution in [0.1, 0.15) is 10.4 Å². The summed E-state index contributed by atoms with van der Waals surface area (Å²) in [6, 6.07) is 6.24. The molecule has 0 aliphatic rings. The molecule has 0 aliphatic heterocycles. The summed E-state index contributed by atoms with van der Waals surface area (Å²) in [4.78, 5) is 11.4. The lowest BCUT2D eigenvalue weighted by atomic mass is 10.2. The van der Waals surface area contributed by atoms with Crippen molar-refractivity contribution in [2.75, 3.05) is 16.7 Å². The average Bonchev–Trinajstić information content (AvgIpc) is 2.25. The van der Waals surface area contributed by atoms with Gasteiger partial charge in [0.25, 0.3) is 0 Å². The maximum Gasteiger partial charge on any atom is 0.340 e. The third-order valence-corrected chi connectivity index (χ3v) is 4.53. The molecule has 0 spiro atoms. The van der Waals surface area contributed by atoms with Crippen LogP contribution in [0.5, 0.6) is 0 Å². The Bertz CT molecular complexity index is 500. The number of ether oxygens (including phenoxy) is 1. The number of rotatable bonds is 3. The number of carbonyl (C=O) groups is 1. The molecule has 5 nitrogen and oxygen atoms in total. The molecule has 0 N–H and O–H groups in total. The molecule has 0 amide bonds. The summed E-state index contributed by atoms with van der Waals surface area (Å²) in [5.74, 6) is -0.594. The van der Waals surface area contributed by atoms with Crippen molar-refractivity contribution in [3.05, 3.63) is 29.8 Å². The number of nitrogens with zero attached hydrogens (tertiary/aromatic N) is 1. The number of anilines is 1. The monoisotopic (exact) mass is 307 g/mol. The molecule has 1 aromatic rings. The topological polar surface area (TPSA) is 63.7 Å². The van der Waals surface area contributed by atoms with Gasteiger partial charge in [-0.1, -0.05) is 12.1 Å². The Labute approximate surface area is 102 Å². The molecule has 0 aliphatic carbocycles. The van der Waals surface area contributed by atoms with E-state index < -0.39 is 16.0 Å². The average molecular weight is 308 g/mol. The molecular formula is C9H10BrNO4S. The molecule has 0 aromatic heterocycles. The zero-order chi connectivity index (χ0) is 12.3. The molecule has 0 bridgehead atoms. The quantitative estimate of drug-likeness (QED) is 0.628. The van der Waals surface area contributed by atoms with Crippen LogP contribution in [0, 0.1) is 0 Å². The fourth-order valence-corrected chi connectivity index (χ4v) is 1.91. The van der Waals surface area contributed by atoms with E-state index in [-0.39, 0.29) is 11.3 Å². The highest BCUT2D eigenvalue weighted by atomic mass is 79.9. The van der Waals surface area contributed by atoms with Gasteiger partial charge in [0.1, 0.15) is 0 Å². The maximum atomic E-state index is 11.4. The lowest BCUT2D eigenvalue weighted by Crippen LogP contribution is -2.21. The predicted octanol–water partition coefficient (Wildman–Crippen LogP) is 1.55. The van der Waals surface area contributed by atoms with E-state index in [4.69, 9.17) is 0 Å². The van der Waals surface area contributed by atoms with E-state index in [2.05, 4.69) is 20.9 Å². The molecule has 0 saturated carbocycles. The van der Waals surface area contributed by atoms with Crippen LogP contribution in [0.2, 0.25) is 0 Å². The number of carbonyl (C=O) groups excluding carboxylic acids is 1. The van der Waals surface area contributed by atoms with Crippen molar-refractivity contribution in [3.63, 3.8) is 0 Å². The third kappa shape index (κ3) is 2.73. The van der Waals surface area contributed by atoms with Crippen LogP contribution in [0.15, 0.2) is 24.3 Å². The summed E-state index contributed by atoms with van der Waals surface area (Å²) >= 11 is 2.89. The minimum absolute atomic E-state index is 0.173. The van der Waals surface area contributed by atoms with Crippen LogP contribution >= 0.6 is 16.1 Å². The van der Waals surface area contributed by atoms with Crippen molar-refractivity contribution in [1.29, 1.82) is 0 Å². The number of hydrogen-bond acceptors (Lipinski definition) is 4. The van der Waals surface area contributed by atoms with E-state index >= 15 is 0 Å². The van der Waals surface area contributed by atoms with Gasteiger partial charge in [-0.15, -0.1) is 0 Å². The molecule has 7 heteroatoms. The van der Waals surface area contributed by atoms with Crippen LogP contribution in [0.4, 0.5) is 5.69 Å². The third-order valence-electron chi connectivity index (χ3n) is 1.79. The standard InChI is InChI=1S/C9H10BrNO4S/c1-15-9(12)7-5-3-4-6-8(7)11(10)16(2,13)14/h3-6H,1-2H3. The van der Waals surface area contributed by atoms with Crippen molar-refractivity contribution in [2.24, 2.45) is 0 Å². The minimum atomic E-state index is -3.48. The highest BCUT2D eigenvalue weighted by Crippen LogP contribution is 2.26. The second-order valence-electron chi connectivity index (χ2n) is 2.99. The van der Waals surface area contributed by atoms with E-state index in [9.17, 15) is 13.2 Å². The lowest BCUT2D eigenvalue weighted by Gasteiger charge is -2.16. The zero-order valence-electron chi connectivity index (χ0n) is 8.68. The summed E-state index contributed by atoms with van der Waals surface area (Å²) in [5.41, 5.74) is 0.393. The Morgan fingerprint density at radius 2 is 1.94 bits per heavy atom. The number of esters is 1. The van der Waals surface area contributed by atoms with Crippen molar-refractivity contribution < 1.29 is 17.9 Å². The zero-order valence-corrected chi connectivity index (χ0v) is 11.1. The highest BCUT2D eigenvalue weighted by molar-refractivity contribution is 9.11. The largest absolute Gasteiger partial charge is 0.465 e. The van der Waals surface area contributed by atoms with Gasteiger partial charge in [0.05, 0.1) is 40.8 Å². The summed E-state index contributed by atoms with van der Waals surface area (Å²) in [5, 5.41) is 0. The first-order valence-electron chi connectivity index (χ1n) is 4.21. The van der Waals surface area contributed by atoms with Crippen molar-refractivity contribution in [3.8, 4) is 0 Å². The first-order chi connectivity index (χ1) is 7.38. The number of sulfonamides is 1. The molecule has 0 radical (unpaired) electrons. The van der Waals surface area contributed by atoms with Crippen molar-refractivity contribution >= 4 is 37.8 Å². The van der Waals surface area contributed by atoms with Gasteiger partial charge < -0.3 is 4.74 Å². The second-order valence-corrected chi connectivity index (χ2v) is 6.00. The Morgan fingerprint density at radius 1 is 1.38 bits per heavy atom. The Kier molecular flexibility index (Phi) is 3.93. The molecule has 0 unspecified atom stereocenters. The van der Waals surface area contributed by atoms with Gasteiger partial charge in [-0.2, -0.15) is 0 Å². The molecule has 0 fully saturated rings. The Morgan fingerprint density at radius 3 is 2.44 bits per heavy atom. The van der Waals surface area contributed by atoms with E-state index in [1.807, 2.05) is 0 Å². The number of hydrogen-bond donors (Lipinski definition) is 0. The molecule has 88 valence electrons. The molecule has 1 rings (SSSR count). The van der Waals surface area contributed by atoms with Crippen LogP contribution in [-0.4, -0.2) is 27.8 Å². The first-order valence-corrected chi connectivity index (χ1v) is 6.77. The summed E-state index contributed by atoms with van der Waals surface area (Å²) < 4.78 is 28.1. The van der Waals surface area contributed by atoms with Gasteiger partial charge in [0.2, 0.25) is 10.0 Å². The van der Waals surface area contributed by atoms with Gasteiger partial charge in [-0.3, -0.25) is 0 Å². The van der Waals surface area contributed by atoms with Gasteiger partial charge in [0, 0.05) is 0 Å². The molecule has 0 atom stereocenters. The number of halogens is 1. The van der Waals surface area contributed by atoms with E-state index in [1.165, 1.54) is 19.2 Å². The molecule has 16 heavy (non-hydrogen) atoms. The summed E-state index contributed by atoms with van der Waals surface area (Å²) in [6.45, 7) is 0. The van der Waals surface area contributed by atoms with Gasteiger partial charge in [-0.05, 0) is 12.1 Å². The normalized spacial score (nSPS) is 10.9. The number of para-hydroxylation sites is 1. The van der Waals surface area contributed by atoms with E-state index in [1.54, 1.807) is 12.1 Å². The van der Waals surface area contributed by atoms with Crippen LogP contribution in [0.3, 0.4) is 0 Å². The predicted molar refractivity (Wildman–Crippen MR) is 64.0 cm³/mol. The number of methoxy groups -OCH3 is 1. The Balaban J connectivity index is 3.29. The first kappa shape index (κ1) is 13.0. The summed E-state index contributed by atoms with van der Waals surface area (Å²) in [6.07, 6.45) is 1.02. The second kappa shape index (κ2) is 4.84. The fraction of sp³-hybridized carbons (Fsp3) is 0.222. The molecular weight excluding hydrogens is 298 g/mol. The SMILES string of the molecule is COC(=O)c1ccccc1N(Br)S(C)(=O)=O. The minimum Gasteiger partial charge on any atom is -0.465 e. The van der Waals surface area contributed by atoms with Crippen molar-refractivity contribution in [1.82, 2.24) is 0 Å². The van der Waals surface area contributed by atoms with Crippen LogP contribution in [0.25, 0.3) is 0 Å². The fourth-order valence-electron chi connectivity index (χ4n) is 1.09. The lowest BCUT2D eigenvalue weighted by molar-refractivity contribution is 0.0602. The smallest absolute Gasteiger partial charge is 0.340 e. The van der Waals surface area contributed by atoms with Gasteiger partial charge >= 0.3 is 5.97 Å². The Hall–Kier alpha value is -1.08. The van der Waals surface area contributed by atoms with Crippen LogP contribution < -0.4 is 3.33 Å². The summed E-state index contributed by atoms with van der Waals surface area (Å²) in [7, 11) is -2.24. The maximum absolute atomic E-state index is 11.4. The molecule has 0 saturated heterocycles. The highest BCUT2D eigenvalue weighted by Gasteiger charge is 2.21. The van der Waals surface area contributed by atoms with E-state index in [0.717, 1.165) is 9.59 Å². The van der Waals surface area contributed by atoms with Crippen molar-refractivity contribution in [2.45, 2.75) is 0 Å². The molecule has 0 heterocycles. The number of benzene rings is 1. The van der Waals surface area contributed by atoms with Gasteiger partial charge in [-0.25, -0.2) is 16.5 Å². The van der Waals surface area contributed by atoms with E-state index in [0.29, 0.717) is 0 Å². The van der Waals surface area contributed by atoms with Gasteiger partial charge in [0.15, 0.2) is 0 Å².